The van der Waals surface area contributed by atoms with Gasteiger partial charge in [0.25, 0.3) is 0 Å². The lowest BCUT2D eigenvalue weighted by Gasteiger charge is -2.40. The van der Waals surface area contributed by atoms with Gasteiger partial charge in [0.05, 0.1) is 25.4 Å². The number of rotatable bonds is 46. The Morgan fingerprint density at radius 1 is 0.500 bits per heavy atom. The van der Waals surface area contributed by atoms with Crippen molar-refractivity contribution in [1.82, 2.24) is 5.32 Å². The number of aliphatic hydroxyl groups excluding tert-OH is 5. The minimum atomic E-state index is -1.58. The molecule has 9 nitrogen and oxygen atoms in total. The van der Waals surface area contributed by atoms with Crippen LogP contribution < -0.4 is 5.32 Å². The van der Waals surface area contributed by atoms with Crippen molar-refractivity contribution in [3.63, 3.8) is 0 Å². The van der Waals surface area contributed by atoms with Gasteiger partial charge in [0.2, 0.25) is 5.91 Å². The van der Waals surface area contributed by atoms with Crippen molar-refractivity contribution in [3.05, 3.63) is 109 Å². The van der Waals surface area contributed by atoms with Crippen molar-refractivity contribution in [2.45, 2.75) is 256 Å². The normalized spacial score (nSPS) is 20.2. The standard InChI is InChI=1S/C61H103NO8/c1-3-5-7-9-11-13-15-17-19-21-23-24-25-26-27-28-29-30-31-32-33-35-37-39-41-43-45-47-49-51-57(65)62-54(53-69-61-60(68)59(67)58(66)56(52-63)70-61)55(64)50-48-46-44-42-40-38-36-34-22-20-18-16-14-12-10-8-6-4-2/h5,7,11,13,17,19,23-24,26-27,29-30,32-33,40,42,48,50,54-56,58-61,63-64,66-68H,3-4,6,8-10,12,14-16,18,20-22,25,28,31,34-39,41,43-47,49,51-53H2,1-2H3,(H,62,65)/b7-5-,13-11-,19-17-,24-23-,27-26-,30-29-,33-32-,42-40+,50-48+. The smallest absolute Gasteiger partial charge is 0.220 e. The summed E-state index contributed by atoms with van der Waals surface area (Å²) in [7, 11) is 0. The van der Waals surface area contributed by atoms with E-state index in [0.29, 0.717) is 6.42 Å². The first-order valence-corrected chi connectivity index (χ1v) is 28.1. The van der Waals surface area contributed by atoms with Gasteiger partial charge in [-0.15, -0.1) is 0 Å². The number of allylic oxidation sites excluding steroid dienone is 17. The zero-order chi connectivity index (χ0) is 50.8. The van der Waals surface area contributed by atoms with E-state index in [4.69, 9.17) is 9.47 Å². The molecule has 0 bridgehead atoms. The molecule has 1 saturated heterocycles. The Morgan fingerprint density at radius 3 is 1.37 bits per heavy atom. The monoisotopic (exact) mass is 978 g/mol. The minimum absolute atomic E-state index is 0.202. The van der Waals surface area contributed by atoms with E-state index >= 15 is 0 Å². The number of amides is 1. The molecule has 0 spiro atoms. The van der Waals surface area contributed by atoms with E-state index in [-0.39, 0.29) is 12.5 Å². The van der Waals surface area contributed by atoms with Crippen molar-refractivity contribution >= 4 is 5.91 Å². The van der Waals surface area contributed by atoms with Crippen LogP contribution >= 0.6 is 0 Å². The van der Waals surface area contributed by atoms with Gasteiger partial charge >= 0.3 is 0 Å². The first-order chi connectivity index (χ1) is 34.3. The van der Waals surface area contributed by atoms with Crippen LogP contribution in [0.15, 0.2) is 109 Å². The Kier molecular flexibility index (Phi) is 45.8. The number of carbonyl (C=O) groups excluding carboxylic acids is 1. The van der Waals surface area contributed by atoms with Crippen LogP contribution in [0.5, 0.6) is 0 Å². The Hall–Kier alpha value is -3.15. The Bertz CT molecular complexity index is 1460. The SMILES string of the molecule is CC/C=C\C/C=C\C/C=C\C/C=C\C/C=C\C/C=C\C/C=C\CCCCCCCCCC(=O)NC(COC1OC(CO)C(O)C(O)C1O)C(O)/C=C/CC/C=C/CCCCCCCCCCCCCC. The lowest BCUT2D eigenvalue weighted by atomic mass is 9.99. The molecule has 7 unspecified atom stereocenters. The number of nitrogens with one attached hydrogen (secondary N) is 1. The molecule has 0 radical (unpaired) electrons. The van der Waals surface area contributed by atoms with Gasteiger partial charge in [-0.2, -0.15) is 0 Å². The molecule has 400 valence electrons. The molecule has 1 heterocycles. The molecule has 0 aromatic heterocycles. The molecule has 1 rings (SSSR count). The highest BCUT2D eigenvalue weighted by Crippen LogP contribution is 2.23. The van der Waals surface area contributed by atoms with Crippen molar-refractivity contribution in [3.8, 4) is 0 Å². The van der Waals surface area contributed by atoms with Crippen molar-refractivity contribution in [1.29, 1.82) is 0 Å². The Morgan fingerprint density at radius 2 is 0.900 bits per heavy atom. The summed E-state index contributed by atoms with van der Waals surface area (Å²) in [4.78, 5) is 13.0. The van der Waals surface area contributed by atoms with Gasteiger partial charge < -0.3 is 40.3 Å². The summed E-state index contributed by atoms with van der Waals surface area (Å²) in [5, 5.41) is 54.4. The van der Waals surface area contributed by atoms with Gasteiger partial charge in [0, 0.05) is 6.42 Å². The van der Waals surface area contributed by atoms with E-state index in [0.717, 1.165) is 96.3 Å². The van der Waals surface area contributed by atoms with E-state index in [9.17, 15) is 30.3 Å². The summed E-state index contributed by atoms with van der Waals surface area (Å²) >= 11 is 0. The van der Waals surface area contributed by atoms with Gasteiger partial charge in [-0.1, -0.05) is 226 Å². The number of hydrogen-bond acceptors (Lipinski definition) is 8. The predicted octanol–water partition coefficient (Wildman–Crippen LogP) is 13.8. The number of aliphatic hydroxyl groups is 5. The predicted molar refractivity (Wildman–Crippen MR) is 294 cm³/mol. The molecule has 0 saturated carbocycles. The summed E-state index contributed by atoms with van der Waals surface area (Å²) in [5.41, 5.74) is 0. The third-order valence-corrected chi connectivity index (χ3v) is 12.6. The molecule has 1 fully saturated rings. The van der Waals surface area contributed by atoms with Crippen LogP contribution in [-0.2, 0) is 14.3 Å². The first kappa shape index (κ1) is 64.9. The zero-order valence-corrected chi connectivity index (χ0v) is 44.2. The van der Waals surface area contributed by atoms with E-state index in [1.807, 2.05) is 6.08 Å². The highest BCUT2D eigenvalue weighted by atomic mass is 16.7. The largest absolute Gasteiger partial charge is 0.394 e. The minimum Gasteiger partial charge on any atom is -0.394 e. The summed E-state index contributed by atoms with van der Waals surface area (Å²) in [5.74, 6) is -0.202. The Balaban J connectivity index is 2.28. The van der Waals surface area contributed by atoms with Crippen LogP contribution in [0.2, 0.25) is 0 Å². The van der Waals surface area contributed by atoms with E-state index < -0.39 is 49.5 Å². The van der Waals surface area contributed by atoms with E-state index in [2.05, 4.69) is 116 Å². The quantitative estimate of drug-likeness (QED) is 0.0261. The maximum absolute atomic E-state index is 13.0. The van der Waals surface area contributed by atoms with Gasteiger partial charge in [0.15, 0.2) is 6.29 Å². The summed E-state index contributed by atoms with van der Waals surface area (Å²) < 4.78 is 11.2. The molecule has 0 aromatic carbocycles. The summed E-state index contributed by atoms with van der Waals surface area (Å²) in [6.45, 7) is 3.64. The van der Waals surface area contributed by atoms with Crippen LogP contribution in [0, 0.1) is 0 Å². The summed E-state index contributed by atoms with van der Waals surface area (Å²) in [6, 6.07) is -0.836. The zero-order valence-electron chi connectivity index (χ0n) is 44.2. The second kappa shape index (κ2) is 49.4. The second-order valence-electron chi connectivity index (χ2n) is 19.0. The van der Waals surface area contributed by atoms with Crippen LogP contribution in [0.1, 0.15) is 213 Å². The number of hydrogen-bond donors (Lipinski definition) is 6. The molecule has 6 N–H and O–H groups in total. The van der Waals surface area contributed by atoms with Gasteiger partial charge in [-0.25, -0.2) is 0 Å². The molecule has 70 heavy (non-hydrogen) atoms. The third kappa shape index (κ3) is 38.5. The second-order valence-corrected chi connectivity index (χ2v) is 19.0. The fourth-order valence-corrected chi connectivity index (χ4v) is 8.15. The molecular formula is C61H103NO8. The fourth-order valence-electron chi connectivity index (χ4n) is 8.15. The maximum Gasteiger partial charge on any atom is 0.220 e. The van der Waals surface area contributed by atoms with Gasteiger partial charge in [-0.05, 0) is 89.9 Å². The number of ether oxygens (including phenoxy) is 2. The lowest BCUT2D eigenvalue weighted by Crippen LogP contribution is -2.60. The van der Waals surface area contributed by atoms with Crippen LogP contribution in [-0.4, -0.2) is 87.5 Å². The summed E-state index contributed by atoms with van der Waals surface area (Å²) in [6.07, 6.45) is 65.7. The fraction of sp³-hybridized carbons (Fsp3) is 0.689. The third-order valence-electron chi connectivity index (χ3n) is 12.6. The maximum atomic E-state index is 13.0. The van der Waals surface area contributed by atoms with Crippen molar-refractivity contribution in [2.24, 2.45) is 0 Å². The molecule has 0 aromatic rings. The molecule has 9 heteroatoms. The molecule has 1 amide bonds. The van der Waals surface area contributed by atoms with Crippen LogP contribution in [0.25, 0.3) is 0 Å². The van der Waals surface area contributed by atoms with E-state index in [1.165, 1.54) is 96.3 Å². The molecule has 1 aliphatic heterocycles. The van der Waals surface area contributed by atoms with Gasteiger partial charge in [-0.3, -0.25) is 4.79 Å². The number of unbranched alkanes of at least 4 members (excludes halogenated alkanes) is 20. The van der Waals surface area contributed by atoms with Crippen LogP contribution in [0.4, 0.5) is 0 Å². The van der Waals surface area contributed by atoms with Crippen molar-refractivity contribution in [2.75, 3.05) is 13.2 Å². The van der Waals surface area contributed by atoms with Crippen LogP contribution in [0.3, 0.4) is 0 Å². The lowest BCUT2D eigenvalue weighted by molar-refractivity contribution is -0.302. The average molecular weight is 978 g/mol. The van der Waals surface area contributed by atoms with Gasteiger partial charge in [0.1, 0.15) is 24.4 Å². The average Bonchev–Trinajstić information content (AvgIpc) is 3.36. The molecule has 7 atom stereocenters. The molecular weight excluding hydrogens is 875 g/mol. The molecule has 1 aliphatic rings. The highest BCUT2D eigenvalue weighted by molar-refractivity contribution is 5.76. The number of carbonyl (C=O) groups is 1. The highest BCUT2D eigenvalue weighted by Gasteiger charge is 2.44. The topological polar surface area (TPSA) is 149 Å². The van der Waals surface area contributed by atoms with Crippen molar-refractivity contribution < 1.29 is 39.8 Å². The Labute approximate surface area is 427 Å². The first-order valence-electron chi connectivity index (χ1n) is 28.1. The molecule has 0 aliphatic carbocycles. The van der Waals surface area contributed by atoms with E-state index in [1.54, 1.807) is 6.08 Å².